The molecule has 0 aromatic heterocycles. The van der Waals surface area contributed by atoms with Crippen LogP contribution in [0.2, 0.25) is 0 Å². The summed E-state index contributed by atoms with van der Waals surface area (Å²) in [6.45, 7) is 0. The molecule has 0 saturated carbocycles. The molecule has 0 fully saturated rings. The van der Waals surface area contributed by atoms with Gasteiger partial charge in [-0.3, -0.25) is 9.59 Å². The topological polar surface area (TPSA) is 461 Å². The van der Waals surface area contributed by atoms with Gasteiger partial charge in [0.15, 0.2) is 0 Å². The summed E-state index contributed by atoms with van der Waals surface area (Å²) >= 11 is 0. The minimum atomic E-state index is -5.79. The first-order chi connectivity index (χ1) is 32.1. The summed E-state index contributed by atoms with van der Waals surface area (Å²) in [5.41, 5.74) is -2.73. The smallest absolute Gasteiger partial charge is 0.744 e. The van der Waals surface area contributed by atoms with Crippen LogP contribution in [0.1, 0.15) is 20.7 Å². The third-order valence-corrected chi connectivity index (χ3v) is 14.7. The van der Waals surface area contributed by atoms with Crippen LogP contribution >= 0.6 is 0 Å². The number of hydrogen-bond acceptors (Lipinski definition) is 23. The van der Waals surface area contributed by atoms with Crippen LogP contribution in [0.4, 0.5) is 27.5 Å². The molecule has 0 spiro atoms. The molecule has 6 rings (SSSR count). The van der Waals surface area contributed by atoms with E-state index in [9.17, 15) is 92.2 Å². The molecule has 0 radical (unpaired) electrons. The molecule has 27 nitrogen and oxygen atoms in total. The van der Waals surface area contributed by atoms with E-state index in [1.165, 1.54) is 0 Å². The number of anilines is 4. The fourth-order valence-corrected chi connectivity index (χ4v) is 10.7. The van der Waals surface area contributed by atoms with E-state index in [-0.39, 0.29) is 212 Å². The number of nitrogens with one attached hydrogen (secondary N) is 4. The van der Waals surface area contributed by atoms with Crippen molar-refractivity contribution in [1.29, 1.82) is 0 Å². The average molecular weight is 1220 g/mol. The minimum Gasteiger partial charge on any atom is -0.744 e. The van der Waals surface area contributed by atoms with Gasteiger partial charge < -0.3 is 58.1 Å². The quantitative estimate of drug-likeness (QED) is 0.0581. The second kappa shape index (κ2) is 28.4. The summed E-state index contributed by atoms with van der Waals surface area (Å²) in [6, 6.07) is 8.52. The molecule has 0 saturated heterocycles. The van der Waals surface area contributed by atoms with Crippen LogP contribution in [0.15, 0.2) is 114 Å². The molecule has 76 heavy (non-hydrogen) atoms. The van der Waals surface area contributed by atoms with E-state index in [2.05, 4.69) is 21.3 Å². The Kier molecular flexibility index (Phi) is 28.1. The molecule has 0 unspecified atom stereocenters. The van der Waals surface area contributed by atoms with Crippen molar-refractivity contribution in [2.75, 3.05) is 35.5 Å². The van der Waals surface area contributed by atoms with Gasteiger partial charge in [0.05, 0.1) is 66.3 Å². The van der Waals surface area contributed by atoms with Gasteiger partial charge in [-0.05, 0) is 84.9 Å². The molecular formula is C37H24N4Na6O23S6. The first-order valence-electron chi connectivity index (χ1n) is 18.2. The summed E-state index contributed by atoms with van der Waals surface area (Å²) in [6.07, 6.45) is 0. The van der Waals surface area contributed by atoms with E-state index < -0.39 is 152 Å². The molecule has 0 heterocycles. The van der Waals surface area contributed by atoms with Crippen LogP contribution in [0, 0.1) is 0 Å². The third kappa shape index (κ3) is 17.6. The van der Waals surface area contributed by atoms with Gasteiger partial charge in [0.2, 0.25) is 0 Å². The SMILES string of the molecule is COc1ccc(C(=O)Nc2ccc(S(=O)(=O)[O-])c3cc(S(=O)(=O)[O-])cc(S(=O)(=O)[O-])c23)cc1NC(=O)Nc1cc(C(=O)Nc2ccc(S(=O)(=O)[O-])c3cc(S(=O)(=O)[O-])cc(S(=O)(=O)[O-])c23)ccc1OC.[Na+].[Na+].[Na+].[Na+].[Na+].[Na+]. The van der Waals surface area contributed by atoms with E-state index in [0.29, 0.717) is 36.4 Å². The van der Waals surface area contributed by atoms with Crippen LogP contribution in [-0.4, -0.2) is 110 Å². The molecule has 0 aliphatic heterocycles. The van der Waals surface area contributed by atoms with Crippen LogP contribution in [-0.2, 0) is 60.7 Å². The Bertz CT molecular complexity index is 3750. The van der Waals surface area contributed by atoms with E-state index in [1.807, 2.05) is 0 Å². The number of fused-ring (bicyclic) bond motifs is 2. The zero-order valence-electron chi connectivity index (χ0n) is 40.4. The Morgan fingerprint density at radius 1 is 0.368 bits per heavy atom. The molecule has 0 atom stereocenters. The molecule has 4 amide bonds. The number of hydrogen-bond donors (Lipinski definition) is 4. The number of carbonyl (C=O) groups is 3. The van der Waals surface area contributed by atoms with Crippen molar-refractivity contribution in [2.24, 2.45) is 0 Å². The fourth-order valence-electron chi connectivity index (χ4n) is 6.67. The van der Waals surface area contributed by atoms with Crippen molar-refractivity contribution in [3.63, 3.8) is 0 Å². The summed E-state index contributed by atoms with van der Waals surface area (Å²) in [5.74, 6) is -2.63. The van der Waals surface area contributed by atoms with Gasteiger partial charge in [-0.15, -0.1) is 0 Å². The van der Waals surface area contributed by atoms with Crippen LogP contribution < -0.4 is 208 Å². The van der Waals surface area contributed by atoms with Gasteiger partial charge in [0.25, 0.3) is 11.8 Å². The number of amides is 4. The van der Waals surface area contributed by atoms with E-state index >= 15 is 0 Å². The van der Waals surface area contributed by atoms with Crippen molar-refractivity contribution < 1.29 is 279 Å². The molecule has 372 valence electrons. The summed E-state index contributed by atoms with van der Waals surface area (Å²) < 4.78 is 228. The second-order valence-electron chi connectivity index (χ2n) is 14.0. The first-order valence-corrected chi connectivity index (χ1v) is 26.6. The largest absolute Gasteiger partial charge is 1.00 e. The van der Waals surface area contributed by atoms with Crippen molar-refractivity contribution in [2.45, 2.75) is 29.4 Å². The molecule has 4 N–H and O–H groups in total. The maximum atomic E-state index is 13.6. The molecule has 0 aliphatic carbocycles. The monoisotopic (exact) mass is 1220 g/mol. The zero-order chi connectivity index (χ0) is 52.3. The van der Waals surface area contributed by atoms with Crippen LogP contribution in [0.3, 0.4) is 0 Å². The number of rotatable bonds is 14. The number of ether oxygens (including phenoxy) is 2. The number of benzene rings is 6. The predicted octanol–water partition coefficient (Wildman–Crippen LogP) is -16.4. The minimum absolute atomic E-state index is 0. The number of urea groups is 1. The Balaban J connectivity index is 0.00000937. The number of carbonyl (C=O) groups excluding carboxylic acids is 3. The molecule has 0 aliphatic rings. The molecule has 0 bridgehead atoms. The van der Waals surface area contributed by atoms with Gasteiger partial charge in [-0.25, -0.2) is 55.3 Å². The maximum Gasteiger partial charge on any atom is 1.00 e. The van der Waals surface area contributed by atoms with Gasteiger partial charge in [0, 0.05) is 32.7 Å². The van der Waals surface area contributed by atoms with Crippen LogP contribution in [0.5, 0.6) is 11.5 Å². The van der Waals surface area contributed by atoms with Crippen molar-refractivity contribution in [1.82, 2.24) is 0 Å². The molecule has 6 aromatic rings. The standard InChI is InChI=1S/C37H30N4O23S6.6Na/c1-63-27-7-3-17(35(42)38-23-5-9-29(67(51,52)53)21-13-19(65(45,46)47)15-31(33(21)23)69(57,58)59)11-25(27)40-37(44)41-26-12-18(4-8-28(26)64-2)36(43)39-24-6-10-30(68(54,55)56)22-14-20(66(48,49)50)16-32(34(22)24)70(60,61)62;;;;;;/h3-16H,1-2H3,(H,38,42)(H,39,43)(H2,40,41,44)(H,45,46,47)(H,48,49,50)(H,51,52,53)(H,54,55,56)(H,57,58,59)(H,60,61,62);;;;;;/q;6*+1/p-6. The molecule has 6 aromatic carbocycles. The van der Waals surface area contributed by atoms with Crippen molar-refractivity contribution in [3.8, 4) is 11.5 Å². The normalized spacial score (nSPS) is 11.6. The van der Waals surface area contributed by atoms with Gasteiger partial charge in [-0.2, -0.15) is 0 Å². The molecule has 39 heteroatoms. The Hall–Kier alpha value is -0.890. The van der Waals surface area contributed by atoms with Crippen molar-refractivity contribution in [3.05, 3.63) is 96.1 Å². The van der Waals surface area contributed by atoms with Crippen molar-refractivity contribution >= 4 is 123 Å². The summed E-state index contributed by atoms with van der Waals surface area (Å²) in [4.78, 5) is 32.3. The summed E-state index contributed by atoms with van der Waals surface area (Å²) in [7, 11) is -31.6. The predicted molar refractivity (Wildman–Crippen MR) is 230 cm³/mol. The van der Waals surface area contributed by atoms with Gasteiger partial charge >= 0.3 is 183 Å². The first kappa shape index (κ1) is 75.1. The number of methoxy groups -OCH3 is 2. The zero-order valence-corrected chi connectivity index (χ0v) is 57.3. The molecular weight excluding hydrogens is 1200 g/mol. The average Bonchev–Trinajstić information content (AvgIpc) is 3.23. The van der Waals surface area contributed by atoms with Crippen LogP contribution in [0.25, 0.3) is 21.5 Å². The van der Waals surface area contributed by atoms with Gasteiger partial charge in [-0.1, -0.05) is 0 Å². The van der Waals surface area contributed by atoms with E-state index in [4.69, 9.17) is 9.47 Å². The Morgan fingerprint density at radius 2 is 0.671 bits per heavy atom. The third-order valence-electron chi connectivity index (χ3n) is 9.59. The summed E-state index contributed by atoms with van der Waals surface area (Å²) in [5, 5.41) is 5.02. The maximum absolute atomic E-state index is 13.6. The Morgan fingerprint density at radius 3 is 0.934 bits per heavy atom. The fraction of sp³-hybridized carbons (Fsp3) is 0.0541. The van der Waals surface area contributed by atoms with E-state index in [0.717, 1.165) is 50.6 Å². The van der Waals surface area contributed by atoms with E-state index in [1.54, 1.807) is 0 Å². The second-order valence-corrected chi connectivity index (χ2v) is 22.1. The van der Waals surface area contributed by atoms with Gasteiger partial charge in [0.1, 0.15) is 72.2 Å². The Labute approximate surface area is 565 Å².